The van der Waals surface area contributed by atoms with E-state index in [1.807, 2.05) is 11.3 Å². The van der Waals surface area contributed by atoms with Gasteiger partial charge in [-0.2, -0.15) is 0 Å². The van der Waals surface area contributed by atoms with Crippen LogP contribution in [0.1, 0.15) is 74.9 Å². The van der Waals surface area contributed by atoms with Gasteiger partial charge in [0.05, 0.1) is 0 Å². The summed E-state index contributed by atoms with van der Waals surface area (Å²) >= 11 is 1.91. The van der Waals surface area contributed by atoms with Gasteiger partial charge in [0.15, 0.2) is 0 Å². The normalized spacial score (nSPS) is 15.8. The summed E-state index contributed by atoms with van der Waals surface area (Å²) in [6.07, 6.45) is 0. The number of benzene rings is 8. The Morgan fingerprint density at radius 1 is 0.310 bits per heavy atom. The Balaban J connectivity index is 0.917. The molecule has 0 saturated heterocycles. The Kier molecular flexibility index (Phi) is 6.79. The van der Waals surface area contributed by atoms with Crippen LogP contribution in [-0.4, -0.2) is 0 Å². The van der Waals surface area contributed by atoms with E-state index in [4.69, 9.17) is 0 Å². The highest BCUT2D eigenvalue weighted by atomic mass is 32.1. The van der Waals surface area contributed by atoms with Crippen LogP contribution in [0, 0.1) is 0 Å². The molecule has 0 spiro atoms. The summed E-state index contributed by atoms with van der Waals surface area (Å²) in [7, 11) is 0. The molecule has 0 unspecified atom stereocenters. The zero-order chi connectivity index (χ0) is 39.3. The molecular formula is C57H44S. The third kappa shape index (κ3) is 4.46. The van der Waals surface area contributed by atoms with Crippen LogP contribution in [0.2, 0.25) is 0 Å². The summed E-state index contributed by atoms with van der Waals surface area (Å²) in [4.78, 5) is 2.63. The molecule has 0 bridgehead atoms. The molecule has 0 nitrogen and oxygen atoms in total. The van der Waals surface area contributed by atoms with Crippen LogP contribution in [0.4, 0.5) is 0 Å². The molecule has 9 aromatic rings. The van der Waals surface area contributed by atoms with Crippen molar-refractivity contribution in [3.05, 3.63) is 191 Å². The molecule has 0 radical (unpaired) electrons. The van der Waals surface area contributed by atoms with E-state index in [1.165, 1.54) is 120 Å². The minimum atomic E-state index is -0.126. The number of rotatable bonds is 3. The van der Waals surface area contributed by atoms with Gasteiger partial charge in [0.1, 0.15) is 0 Å². The lowest BCUT2D eigenvalue weighted by atomic mass is 9.79. The van der Waals surface area contributed by atoms with E-state index < -0.39 is 0 Å². The Morgan fingerprint density at radius 3 is 1.57 bits per heavy atom. The first kappa shape index (κ1) is 34.1. The predicted molar refractivity (Wildman–Crippen MR) is 248 cm³/mol. The van der Waals surface area contributed by atoms with Crippen LogP contribution in [0.25, 0.3) is 86.9 Å². The van der Waals surface area contributed by atoms with Crippen molar-refractivity contribution in [2.45, 2.75) is 57.8 Å². The molecule has 0 fully saturated rings. The number of hydrogen-bond donors (Lipinski definition) is 0. The van der Waals surface area contributed by atoms with E-state index in [0.29, 0.717) is 0 Å². The molecule has 1 heteroatoms. The topological polar surface area (TPSA) is 0 Å². The molecule has 3 aliphatic carbocycles. The zero-order valence-electron chi connectivity index (χ0n) is 33.9. The third-order valence-corrected chi connectivity index (χ3v) is 15.5. The molecule has 0 saturated carbocycles. The first-order valence-electron chi connectivity index (χ1n) is 20.8. The van der Waals surface area contributed by atoms with Gasteiger partial charge in [-0.05, 0) is 153 Å². The Bertz CT molecular complexity index is 3240. The van der Waals surface area contributed by atoms with Crippen molar-refractivity contribution in [3.8, 4) is 65.4 Å². The second-order valence-electron chi connectivity index (χ2n) is 18.5. The summed E-state index contributed by atoms with van der Waals surface area (Å²) in [5.74, 6) is 0. The van der Waals surface area contributed by atoms with E-state index >= 15 is 0 Å². The van der Waals surface area contributed by atoms with Gasteiger partial charge < -0.3 is 0 Å². The van der Waals surface area contributed by atoms with Gasteiger partial charge in [-0.25, -0.2) is 0 Å². The highest BCUT2D eigenvalue weighted by Gasteiger charge is 2.42. The molecule has 12 rings (SSSR count). The molecule has 0 atom stereocenters. The van der Waals surface area contributed by atoms with Gasteiger partial charge >= 0.3 is 0 Å². The maximum Gasteiger partial charge on any atom is 0.0349 e. The van der Waals surface area contributed by atoms with Gasteiger partial charge in [0.2, 0.25) is 0 Å². The van der Waals surface area contributed by atoms with Gasteiger partial charge in [-0.1, -0.05) is 157 Å². The first-order valence-corrected chi connectivity index (χ1v) is 21.6. The molecule has 1 heterocycles. The van der Waals surface area contributed by atoms with E-state index in [9.17, 15) is 0 Å². The molecular weight excluding hydrogens is 717 g/mol. The lowest BCUT2D eigenvalue weighted by molar-refractivity contribution is 0.652. The number of fused-ring (bicyclic) bond motifs is 13. The maximum atomic E-state index is 2.55. The summed E-state index contributed by atoms with van der Waals surface area (Å²) in [5.41, 5.74) is 21.8. The van der Waals surface area contributed by atoms with Gasteiger partial charge in [-0.3, -0.25) is 0 Å². The fraction of sp³-hybridized carbons (Fsp3) is 0.158. The average Bonchev–Trinajstić information content (AvgIpc) is 3.95. The Hall–Kier alpha value is -6.02. The van der Waals surface area contributed by atoms with Crippen LogP contribution in [0.15, 0.2) is 158 Å². The monoisotopic (exact) mass is 760 g/mol. The van der Waals surface area contributed by atoms with E-state index in [1.54, 1.807) is 0 Å². The molecule has 8 aromatic carbocycles. The molecule has 278 valence electrons. The van der Waals surface area contributed by atoms with Crippen molar-refractivity contribution in [3.63, 3.8) is 0 Å². The van der Waals surface area contributed by atoms with E-state index in [2.05, 4.69) is 199 Å². The fourth-order valence-electron chi connectivity index (χ4n) is 11.1. The quantitative estimate of drug-likeness (QED) is 0.168. The molecule has 0 aliphatic heterocycles. The van der Waals surface area contributed by atoms with Gasteiger partial charge in [0.25, 0.3) is 0 Å². The SMILES string of the molecule is CC1(C)c2cc(-c3ccc(-c4ccc5c(c4)C(C)(C)c4cc(-c6ccccc6)c6ccccc6c4-5)s3)ccc2-c2cc3c(cc21)-c1c(ccc2ccccc12)C3(C)C. The standard InChI is InChI=1S/C57H44S/c1-55(2)45-25-22-34-16-10-11-17-37(34)53(45)44-32-48-43(31-49(44)55)39-23-20-35(28-46(39)56(48,3)4)51-26-27-52(58-51)36-21-24-41-47(29-36)57(5,6)50-30-42(33-14-8-7-9-15-33)38-18-12-13-19-40(38)54(41)50/h7-32H,1-6H3. The number of thiophene rings is 1. The van der Waals surface area contributed by atoms with Crippen molar-refractivity contribution in [1.29, 1.82) is 0 Å². The molecule has 3 aliphatic rings. The van der Waals surface area contributed by atoms with Crippen molar-refractivity contribution in [2.75, 3.05) is 0 Å². The summed E-state index contributed by atoms with van der Waals surface area (Å²) < 4.78 is 0. The average molecular weight is 761 g/mol. The zero-order valence-corrected chi connectivity index (χ0v) is 34.7. The van der Waals surface area contributed by atoms with Gasteiger partial charge in [-0.15, -0.1) is 11.3 Å². The van der Waals surface area contributed by atoms with Crippen LogP contribution < -0.4 is 0 Å². The molecule has 1 aromatic heterocycles. The smallest absolute Gasteiger partial charge is 0.0349 e. The molecule has 0 amide bonds. The van der Waals surface area contributed by atoms with Crippen LogP contribution in [0.5, 0.6) is 0 Å². The highest BCUT2D eigenvalue weighted by molar-refractivity contribution is 7.18. The van der Waals surface area contributed by atoms with Gasteiger partial charge in [0, 0.05) is 26.0 Å². The van der Waals surface area contributed by atoms with Crippen molar-refractivity contribution >= 4 is 32.9 Å². The van der Waals surface area contributed by atoms with Crippen molar-refractivity contribution < 1.29 is 0 Å². The summed E-state index contributed by atoms with van der Waals surface area (Å²) in [5, 5.41) is 5.33. The molecule has 0 N–H and O–H groups in total. The Morgan fingerprint density at radius 2 is 0.828 bits per heavy atom. The van der Waals surface area contributed by atoms with Crippen LogP contribution in [-0.2, 0) is 16.2 Å². The fourth-order valence-corrected chi connectivity index (χ4v) is 12.1. The molecule has 58 heavy (non-hydrogen) atoms. The largest absolute Gasteiger partial charge is 0.135 e. The first-order chi connectivity index (χ1) is 28.0. The Labute approximate surface area is 345 Å². The lowest BCUT2D eigenvalue weighted by Crippen LogP contribution is -2.17. The summed E-state index contributed by atoms with van der Waals surface area (Å²) in [6, 6.07) is 60.1. The predicted octanol–water partition coefficient (Wildman–Crippen LogP) is 16.0. The van der Waals surface area contributed by atoms with Crippen molar-refractivity contribution in [2.24, 2.45) is 0 Å². The van der Waals surface area contributed by atoms with E-state index in [-0.39, 0.29) is 16.2 Å². The third-order valence-electron chi connectivity index (χ3n) is 14.3. The maximum absolute atomic E-state index is 2.55. The van der Waals surface area contributed by atoms with E-state index in [0.717, 1.165) is 0 Å². The lowest BCUT2D eigenvalue weighted by Gasteiger charge is -2.24. The van der Waals surface area contributed by atoms with Crippen LogP contribution in [0.3, 0.4) is 0 Å². The van der Waals surface area contributed by atoms with Crippen LogP contribution >= 0.6 is 11.3 Å². The highest BCUT2D eigenvalue weighted by Crippen LogP contribution is 2.58. The number of hydrogen-bond acceptors (Lipinski definition) is 1. The van der Waals surface area contributed by atoms with Crippen molar-refractivity contribution in [1.82, 2.24) is 0 Å². The summed E-state index contributed by atoms with van der Waals surface area (Å²) in [6.45, 7) is 14.5. The minimum Gasteiger partial charge on any atom is -0.135 e. The minimum absolute atomic E-state index is 0.0572. The second-order valence-corrected chi connectivity index (χ2v) is 19.6. The second kappa shape index (κ2) is 11.6.